The summed E-state index contributed by atoms with van der Waals surface area (Å²) in [6.45, 7) is 5.48. The highest BCUT2D eigenvalue weighted by molar-refractivity contribution is 6.30. The van der Waals surface area contributed by atoms with E-state index in [0.717, 1.165) is 13.1 Å². The van der Waals surface area contributed by atoms with Crippen molar-refractivity contribution in [1.29, 1.82) is 0 Å². The fraction of sp³-hybridized carbons (Fsp3) is 0.571. The zero-order valence-electron chi connectivity index (χ0n) is 10.8. The molecule has 4 heteroatoms. The van der Waals surface area contributed by atoms with E-state index >= 15 is 0 Å². The molecule has 1 atom stereocenters. The molecular weight excluding hydrogens is 253 g/mol. The maximum absolute atomic E-state index is 13.8. The number of nitrogens with one attached hydrogen (secondary N) is 1. The minimum absolute atomic E-state index is 0.292. The van der Waals surface area contributed by atoms with Crippen LogP contribution in [0.4, 0.5) is 4.39 Å². The molecule has 0 saturated carbocycles. The summed E-state index contributed by atoms with van der Waals surface area (Å²) in [5, 5.41) is 14.6. The van der Waals surface area contributed by atoms with Crippen molar-refractivity contribution in [3.63, 3.8) is 0 Å². The Labute approximate surface area is 112 Å². The summed E-state index contributed by atoms with van der Waals surface area (Å²) < 4.78 is 13.8. The second-order valence-corrected chi connectivity index (χ2v) is 6.19. The summed E-state index contributed by atoms with van der Waals surface area (Å²) >= 11 is 5.89. The minimum Gasteiger partial charge on any atom is -0.389 e. The van der Waals surface area contributed by atoms with Gasteiger partial charge in [0, 0.05) is 23.4 Å². The standard InChI is InChI=1S/C14H19ClFNO/c1-13(2)9-17-6-5-14(13,18)8-10-7-11(15)3-4-12(10)16/h3-4,7,17-18H,5-6,8-9H2,1-2H3. The molecule has 0 amide bonds. The lowest BCUT2D eigenvalue weighted by atomic mass is 9.68. The summed E-state index contributed by atoms with van der Waals surface area (Å²) in [6.07, 6.45) is 0.917. The molecule has 1 aliphatic heterocycles. The number of hydrogen-bond acceptors (Lipinski definition) is 2. The summed E-state index contributed by atoms with van der Waals surface area (Å²) in [6, 6.07) is 4.49. The van der Waals surface area contributed by atoms with Gasteiger partial charge >= 0.3 is 0 Å². The first-order valence-electron chi connectivity index (χ1n) is 6.21. The predicted octanol–water partition coefficient (Wildman–Crippen LogP) is 2.77. The summed E-state index contributed by atoms with van der Waals surface area (Å²) in [5.74, 6) is -0.304. The largest absolute Gasteiger partial charge is 0.389 e. The lowest BCUT2D eigenvalue weighted by Crippen LogP contribution is -2.57. The Bertz CT molecular complexity index is 449. The molecule has 100 valence electrons. The Balaban J connectivity index is 2.28. The van der Waals surface area contributed by atoms with E-state index in [-0.39, 0.29) is 11.2 Å². The van der Waals surface area contributed by atoms with Crippen LogP contribution in [-0.4, -0.2) is 23.8 Å². The van der Waals surface area contributed by atoms with E-state index in [1.165, 1.54) is 12.1 Å². The molecular formula is C14H19ClFNO. The van der Waals surface area contributed by atoms with E-state index in [1.54, 1.807) is 6.07 Å². The van der Waals surface area contributed by atoms with Crippen LogP contribution in [0.3, 0.4) is 0 Å². The van der Waals surface area contributed by atoms with Crippen molar-refractivity contribution in [3.05, 3.63) is 34.6 Å². The summed E-state index contributed by atoms with van der Waals surface area (Å²) in [4.78, 5) is 0. The molecule has 1 fully saturated rings. The first kappa shape index (κ1) is 13.8. The van der Waals surface area contributed by atoms with E-state index in [1.807, 2.05) is 13.8 Å². The van der Waals surface area contributed by atoms with Crippen LogP contribution in [0.15, 0.2) is 18.2 Å². The van der Waals surface area contributed by atoms with Gasteiger partial charge in [-0.25, -0.2) is 4.39 Å². The van der Waals surface area contributed by atoms with Gasteiger partial charge in [0.25, 0.3) is 0 Å². The number of piperidine rings is 1. The first-order chi connectivity index (χ1) is 8.34. The van der Waals surface area contributed by atoms with E-state index in [0.29, 0.717) is 23.4 Å². The number of rotatable bonds is 2. The van der Waals surface area contributed by atoms with Crippen molar-refractivity contribution in [2.75, 3.05) is 13.1 Å². The van der Waals surface area contributed by atoms with Crippen LogP contribution >= 0.6 is 11.6 Å². The highest BCUT2D eigenvalue weighted by Gasteiger charge is 2.45. The van der Waals surface area contributed by atoms with Gasteiger partial charge in [-0.05, 0) is 36.7 Å². The van der Waals surface area contributed by atoms with Gasteiger partial charge in [-0.1, -0.05) is 25.4 Å². The average molecular weight is 272 g/mol. The van der Waals surface area contributed by atoms with Crippen LogP contribution in [0.1, 0.15) is 25.8 Å². The van der Waals surface area contributed by atoms with E-state index in [4.69, 9.17) is 11.6 Å². The number of aliphatic hydroxyl groups is 1. The highest BCUT2D eigenvalue weighted by atomic mass is 35.5. The fourth-order valence-electron chi connectivity index (χ4n) is 2.52. The molecule has 1 aromatic carbocycles. The molecule has 0 radical (unpaired) electrons. The van der Waals surface area contributed by atoms with Gasteiger partial charge in [-0.15, -0.1) is 0 Å². The Morgan fingerprint density at radius 1 is 1.44 bits per heavy atom. The monoisotopic (exact) mass is 271 g/mol. The van der Waals surface area contributed by atoms with Crippen molar-refractivity contribution in [2.24, 2.45) is 5.41 Å². The zero-order chi connectivity index (χ0) is 13.4. The van der Waals surface area contributed by atoms with Crippen molar-refractivity contribution in [2.45, 2.75) is 32.3 Å². The molecule has 1 unspecified atom stereocenters. The maximum Gasteiger partial charge on any atom is 0.126 e. The molecule has 0 bridgehead atoms. The zero-order valence-corrected chi connectivity index (χ0v) is 11.5. The van der Waals surface area contributed by atoms with Gasteiger partial charge in [0.2, 0.25) is 0 Å². The lowest BCUT2D eigenvalue weighted by molar-refractivity contribution is -0.0874. The second kappa shape index (κ2) is 4.80. The smallest absolute Gasteiger partial charge is 0.126 e. The molecule has 1 aromatic rings. The Hall–Kier alpha value is -0.640. The summed E-state index contributed by atoms with van der Waals surface area (Å²) in [5.41, 5.74) is -0.705. The van der Waals surface area contributed by atoms with Crippen LogP contribution in [0.25, 0.3) is 0 Å². The first-order valence-corrected chi connectivity index (χ1v) is 6.59. The highest BCUT2D eigenvalue weighted by Crippen LogP contribution is 2.38. The van der Waals surface area contributed by atoms with Crippen LogP contribution in [0.5, 0.6) is 0 Å². The summed E-state index contributed by atoms with van der Waals surface area (Å²) in [7, 11) is 0. The van der Waals surface area contributed by atoms with Crippen molar-refractivity contribution in [3.8, 4) is 0 Å². The van der Waals surface area contributed by atoms with Crippen molar-refractivity contribution < 1.29 is 9.50 Å². The van der Waals surface area contributed by atoms with E-state index in [2.05, 4.69) is 5.32 Å². The molecule has 2 rings (SSSR count). The van der Waals surface area contributed by atoms with Gasteiger partial charge in [-0.3, -0.25) is 0 Å². The van der Waals surface area contributed by atoms with Gasteiger partial charge in [0.15, 0.2) is 0 Å². The van der Waals surface area contributed by atoms with E-state index < -0.39 is 5.60 Å². The molecule has 2 N–H and O–H groups in total. The van der Waals surface area contributed by atoms with Gasteiger partial charge in [0.05, 0.1) is 5.60 Å². The molecule has 2 nitrogen and oxygen atoms in total. The van der Waals surface area contributed by atoms with Crippen LogP contribution in [0, 0.1) is 11.2 Å². The molecule has 18 heavy (non-hydrogen) atoms. The van der Waals surface area contributed by atoms with Gasteiger partial charge in [0.1, 0.15) is 5.82 Å². The van der Waals surface area contributed by atoms with Crippen LogP contribution < -0.4 is 5.32 Å². The molecule has 1 aliphatic rings. The van der Waals surface area contributed by atoms with E-state index in [9.17, 15) is 9.50 Å². The normalized spacial score (nSPS) is 27.2. The molecule has 0 aliphatic carbocycles. The number of benzene rings is 1. The number of hydrogen-bond donors (Lipinski definition) is 2. The molecule has 0 spiro atoms. The fourth-order valence-corrected chi connectivity index (χ4v) is 2.72. The SMILES string of the molecule is CC1(C)CNCCC1(O)Cc1cc(Cl)ccc1F. The number of halogens is 2. The Morgan fingerprint density at radius 3 is 2.83 bits per heavy atom. The maximum atomic E-state index is 13.8. The minimum atomic E-state index is -0.899. The Kier molecular flexibility index (Phi) is 3.67. The van der Waals surface area contributed by atoms with Gasteiger partial charge < -0.3 is 10.4 Å². The molecule has 0 aromatic heterocycles. The lowest BCUT2D eigenvalue weighted by Gasteiger charge is -2.47. The van der Waals surface area contributed by atoms with Crippen LogP contribution in [-0.2, 0) is 6.42 Å². The van der Waals surface area contributed by atoms with Crippen molar-refractivity contribution >= 4 is 11.6 Å². The predicted molar refractivity (Wildman–Crippen MR) is 71.3 cm³/mol. The quantitative estimate of drug-likeness (QED) is 0.867. The third-order valence-electron chi connectivity index (χ3n) is 4.03. The van der Waals surface area contributed by atoms with Crippen molar-refractivity contribution in [1.82, 2.24) is 5.32 Å². The third kappa shape index (κ3) is 2.53. The molecule has 1 saturated heterocycles. The Morgan fingerprint density at radius 2 is 2.17 bits per heavy atom. The average Bonchev–Trinajstić information content (AvgIpc) is 2.28. The topological polar surface area (TPSA) is 32.3 Å². The van der Waals surface area contributed by atoms with Crippen LogP contribution in [0.2, 0.25) is 5.02 Å². The third-order valence-corrected chi connectivity index (χ3v) is 4.27. The van der Waals surface area contributed by atoms with Gasteiger partial charge in [-0.2, -0.15) is 0 Å². The second-order valence-electron chi connectivity index (χ2n) is 5.75. The molecule has 1 heterocycles.